The van der Waals surface area contributed by atoms with E-state index in [1.807, 2.05) is 44.1 Å². The van der Waals surface area contributed by atoms with E-state index in [4.69, 9.17) is 13.9 Å². The Balaban J connectivity index is 1.66. The Hall–Kier alpha value is -2.99. The maximum Gasteiger partial charge on any atom is 0.258 e. The van der Waals surface area contributed by atoms with Crippen LogP contribution in [0.2, 0.25) is 0 Å². The van der Waals surface area contributed by atoms with E-state index in [0.717, 1.165) is 36.1 Å². The van der Waals surface area contributed by atoms with Crippen LogP contribution in [0.4, 0.5) is 5.69 Å². The van der Waals surface area contributed by atoms with Gasteiger partial charge in [-0.15, -0.1) is 0 Å². The summed E-state index contributed by atoms with van der Waals surface area (Å²) in [7, 11) is 5.66. The first-order valence-corrected chi connectivity index (χ1v) is 10.7. The van der Waals surface area contributed by atoms with Crippen LogP contribution in [0, 0.1) is 6.92 Å². The molecule has 3 aromatic rings. The molecule has 6 heteroatoms. The highest BCUT2D eigenvalue weighted by molar-refractivity contribution is 6.07. The predicted molar refractivity (Wildman–Crippen MR) is 122 cm³/mol. The molecule has 2 aromatic carbocycles. The lowest BCUT2D eigenvalue weighted by atomic mass is 10.1. The molecule has 6 nitrogen and oxygen atoms in total. The van der Waals surface area contributed by atoms with Gasteiger partial charge >= 0.3 is 0 Å². The fraction of sp³-hybridized carbons (Fsp3) is 0.400. The van der Waals surface area contributed by atoms with Crippen molar-refractivity contribution >= 4 is 22.6 Å². The number of carbonyl (C=O) groups excluding carboxylic acids is 1. The topological polar surface area (TPSA) is 55.2 Å². The molecule has 0 aliphatic carbocycles. The van der Waals surface area contributed by atoms with Crippen molar-refractivity contribution in [1.29, 1.82) is 0 Å². The van der Waals surface area contributed by atoms with Crippen molar-refractivity contribution in [2.45, 2.75) is 32.4 Å². The third kappa shape index (κ3) is 4.54. The van der Waals surface area contributed by atoms with E-state index in [0.29, 0.717) is 35.7 Å². The van der Waals surface area contributed by atoms with Crippen molar-refractivity contribution in [2.24, 2.45) is 0 Å². The molecule has 0 N–H and O–H groups in total. The number of fused-ring (bicyclic) bond motifs is 1. The number of nitrogens with zero attached hydrogens (tertiary/aromatic N) is 2. The van der Waals surface area contributed by atoms with Gasteiger partial charge in [0.1, 0.15) is 17.1 Å². The van der Waals surface area contributed by atoms with Crippen LogP contribution in [0.5, 0.6) is 5.75 Å². The molecule has 1 aromatic heterocycles. The highest BCUT2D eigenvalue weighted by Crippen LogP contribution is 2.31. The van der Waals surface area contributed by atoms with E-state index in [-0.39, 0.29) is 12.0 Å². The molecular weight excluding hydrogens is 392 g/mol. The molecule has 2 heterocycles. The molecule has 0 spiro atoms. The number of carbonyl (C=O) groups is 1. The molecule has 1 unspecified atom stereocenters. The number of hydrogen-bond acceptors (Lipinski definition) is 5. The lowest BCUT2D eigenvalue weighted by Crippen LogP contribution is -2.37. The zero-order chi connectivity index (χ0) is 22.0. The van der Waals surface area contributed by atoms with Crippen molar-refractivity contribution in [3.05, 3.63) is 59.4 Å². The summed E-state index contributed by atoms with van der Waals surface area (Å²) < 4.78 is 17.1. The number of methoxy groups -OCH3 is 1. The summed E-state index contributed by atoms with van der Waals surface area (Å²) in [6, 6.07) is 13.9. The quantitative estimate of drug-likeness (QED) is 0.555. The van der Waals surface area contributed by atoms with Crippen molar-refractivity contribution in [2.75, 3.05) is 39.3 Å². The number of benzene rings is 2. The van der Waals surface area contributed by atoms with E-state index >= 15 is 0 Å². The van der Waals surface area contributed by atoms with E-state index < -0.39 is 0 Å². The number of ether oxygens (including phenoxy) is 2. The van der Waals surface area contributed by atoms with Crippen molar-refractivity contribution < 1.29 is 18.7 Å². The summed E-state index contributed by atoms with van der Waals surface area (Å²) in [6.45, 7) is 3.68. The van der Waals surface area contributed by atoms with Crippen molar-refractivity contribution in [1.82, 2.24) is 4.90 Å². The number of amides is 1. The minimum Gasteiger partial charge on any atom is -0.497 e. The minimum atomic E-state index is -0.0447. The van der Waals surface area contributed by atoms with Crippen LogP contribution in [0.25, 0.3) is 11.0 Å². The van der Waals surface area contributed by atoms with Crippen LogP contribution in [0.15, 0.2) is 46.9 Å². The number of anilines is 1. The molecule has 1 atom stereocenters. The fourth-order valence-electron chi connectivity index (χ4n) is 4.12. The second kappa shape index (κ2) is 9.02. The van der Waals surface area contributed by atoms with Gasteiger partial charge in [0.25, 0.3) is 5.91 Å². The van der Waals surface area contributed by atoms with Crippen LogP contribution in [0.1, 0.15) is 34.5 Å². The fourth-order valence-corrected chi connectivity index (χ4v) is 4.12. The molecule has 0 bridgehead atoms. The Kier molecular flexibility index (Phi) is 6.18. The number of furan rings is 1. The molecule has 0 saturated carbocycles. The van der Waals surface area contributed by atoms with Gasteiger partial charge in [0.05, 0.1) is 18.8 Å². The monoisotopic (exact) mass is 422 g/mol. The number of hydrogen-bond donors (Lipinski definition) is 0. The van der Waals surface area contributed by atoms with Gasteiger partial charge in [0, 0.05) is 44.9 Å². The average molecular weight is 423 g/mol. The van der Waals surface area contributed by atoms with Gasteiger partial charge in [-0.25, -0.2) is 0 Å². The Morgan fingerprint density at radius 1 is 1.16 bits per heavy atom. The molecule has 1 fully saturated rings. The number of aryl methyl sites for hydroxylation is 1. The average Bonchev–Trinajstić information content (AvgIpc) is 3.39. The summed E-state index contributed by atoms with van der Waals surface area (Å²) in [4.78, 5) is 17.7. The summed E-state index contributed by atoms with van der Waals surface area (Å²) in [5.41, 5.74) is 3.50. The van der Waals surface area contributed by atoms with E-state index in [9.17, 15) is 4.79 Å². The second-order valence-corrected chi connectivity index (χ2v) is 8.28. The van der Waals surface area contributed by atoms with Gasteiger partial charge in [-0.3, -0.25) is 4.79 Å². The Morgan fingerprint density at radius 3 is 2.58 bits per heavy atom. The van der Waals surface area contributed by atoms with Crippen LogP contribution < -0.4 is 9.64 Å². The van der Waals surface area contributed by atoms with Crippen molar-refractivity contribution in [3.8, 4) is 5.75 Å². The summed E-state index contributed by atoms with van der Waals surface area (Å²) >= 11 is 0. The van der Waals surface area contributed by atoms with Gasteiger partial charge in [0.15, 0.2) is 0 Å². The first kappa shape index (κ1) is 21.2. The molecule has 4 rings (SSSR count). The standard InChI is InChI=1S/C25H30N2O4/c1-17-24(22-14-20(29-4)11-12-23(22)31-17)25(28)27(16-21-6-5-13-30-21)15-18-7-9-19(10-8-18)26(2)3/h7-12,14,21H,5-6,13,15-16H2,1-4H3. The molecule has 1 saturated heterocycles. The molecule has 1 aliphatic heterocycles. The van der Waals surface area contributed by atoms with E-state index in [1.54, 1.807) is 7.11 Å². The summed E-state index contributed by atoms with van der Waals surface area (Å²) in [5, 5.41) is 0.780. The van der Waals surface area contributed by atoms with Gasteiger partial charge < -0.3 is 23.7 Å². The van der Waals surface area contributed by atoms with Crippen molar-refractivity contribution in [3.63, 3.8) is 0 Å². The summed E-state index contributed by atoms with van der Waals surface area (Å²) in [5.74, 6) is 1.28. The van der Waals surface area contributed by atoms with Gasteiger partial charge in [-0.05, 0) is 55.7 Å². The van der Waals surface area contributed by atoms with E-state index in [1.165, 1.54) is 0 Å². The van der Waals surface area contributed by atoms with Crippen LogP contribution in [-0.4, -0.2) is 51.3 Å². The van der Waals surface area contributed by atoms with Crippen LogP contribution in [-0.2, 0) is 11.3 Å². The lowest BCUT2D eigenvalue weighted by Gasteiger charge is -2.26. The van der Waals surface area contributed by atoms with Crippen LogP contribution >= 0.6 is 0 Å². The predicted octanol–water partition coefficient (Wildman–Crippen LogP) is 4.64. The Morgan fingerprint density at radius 2 is 1.94 bits per heavy atom. The molecule has 1 aliphatic rings. The molecule has 0 radical (unpaired) electrons. The summed E-state index contributed by atoms with van der Waals surface area (Å²) in [6.07, 6.45) is 2.08. The van der Waals surface area contributed by atoms with Crippen LogP contribution in [0.3, 0.4) is 0 Å². The highest BCUT2D eigenvalue weighted by Gasteiger charge is 2.27. The zero-order valence-electron chi connectivity index (χ0n) is 18.7. The zero-order valence-corrected chi connectivity index (χ0v) is 18.7. The highest BCUT2D eigenvalue weighted by atomic mass is 16.5. The number of rotatable bonds is 7. The second-order valence-electron chi connectivity index (χ2n) is 8.28. The first-order valence-electron chi connectivity index (χ1n) is 10.7. The molecule has 164 valence electrons. The smallest absolute Gasteiger partial charge is 0.258 e. The van der Waals surface area contributed by atoms with Gasteiger partial charge in [-0.2, -0.15) is 0 Å². The first-order chi connectivity index (χ1) is 15.0. The van der Waals surface area contributed by atoms with Gasteiger partial charge in [-0.1, -0.05) is 12.1 Å². The van der Waals surface area contributed by atoms with E-state index in [2.05, 4.69) is 29.2 Å². The molecule has 1 amide bonds. The maximum atomic E-state index is 13.8. The Labute approximate surface area is 183 Å². The van der Waals surface area contributed by atoms with Gasteiger partial charge in [0.2, 0.25) is 0 Å². The largest absolute Gasteiger partial charge is 0.497 e. The third-order valence-corrected chi connectivity index (χ3v) is 5.85. The Bertz CT molecular complexity index is 1050. The lowest BCUT2D eigenvalue weighted by molar-refractivity contribution is 0.0507. The molecule has 31 heavy (non-hydrogen) atoms. The molecular formula is C25H30N2O4. The normalized spacial score (nSPS) is 15.9. The SMILES string of the molecule is COc1ccc2oc(C)c(C(=O)N(Cc3ccc(N(C)C)cc3)CC3CCCO3)c2c1. The third-order valence-electron chi connectivity index (χ3n) is 5.85. The maximum absolute atomic E-state index is 13.8. The minimum absolute atomic E-state index is 0.0447.